The Morgan fingerprint density at radius 3 is 1.83 bits per heavy atom. The van der Waals surface area contributed by atoms with Gasteiger partial charge in [0.15, 0.2) is 0 Å². The van der Waals surface area contributed by atoms with Crippen molar-refractivity contribution in [2.24, 2.45) is 29.1 Å². The normalized spacial score (nSPS) is 40.8. The van der Waals surface area contributed by atoms with Crippen LogP contribution in [0.3, 0.4) is 0 Å². The van der Waals surface area contributed by atoms with E-state index in [0.717, 1.165) is 23.7 Å². The fourth-order valence-electron chi connectivity index (χ4n) is 3.40. The molecule has 0 bridgehead atoms. The molecular formula is C12H24. The molecule has 0 saturated heterocycles. The van der Waals surface area contributed by atoms with Gasteiger partial charge in [0.2, 0.25) is 0 Å². The van der Waals surface area contributed by atoms with Crippen molar-refractivity contribution in [3.63, 3.8) is 0 Å². The molecule has 3 atom stereocenters. The van der Waals surface area contributed by atoms with Gasteiger partial charge in [-0.25, -0.2) is 0 Å². The van der Waals surface area contributed by atoms with Crippen LogP contribution in [-0.4, -0.2) is 0 Å². The molecule has 0 aliphatic heterocycles. The quantitative estimate of drug-likeness (QED) is 0.556. The van der Waals surface area contributed by atoms with Gasteiger partial charge in [-0.2, -0.15) is 0 Å². The molecule has 0 aromatic heterocycles. The monoisotopic (exact) mass is 168 g/mol. The van der Waals surface area contributed by atoms with Crippen molar-refractivity contribution in [2.75, 3.05) is 0 Å². The predicted octanol–water partition coefficient (Wildman–Crippen LogP) is 3.96. The maximum atomic E-state index is 2.44. The van der Waals surface area contributed by atoms with E-state index in [9.17, 15) is 0 Å². The minimum Gasteiger partial charge on any atom is -0.0625 e. The fourth-order valence-corrected chi connectivity index (χ4v) is 3.40. The summed E-state index contributed by atoms with van der Waals surface area (Å²) in [5.74, 6) is 3.62. The first kappa shape index (κ1) is 10.1. The van der Waals surface area contributed by atoms with Crippen molar-refractivity contribution in [2.45, 2.75) is 48.0 Å². The van der Waals surface area contributed by atoms with E-state index in [1.54, 1.807) is 0 Å². The summed E-state index contributed by atoms with van der Waals surface area (Å²) in [4.78, 5) is 0. The smallest absolute Gasteiger partial charge is 0.0323 e. The second kappa shape index (κ2) is 3.05. The van der Waals surface area contributed by atoms with Gasteiger partial charge in [0.05, 0.1) is 0 Å². The Kier molecular flexibility index (Phi) is 2.56. The lowest BCUT2D eigenvalue weighted by Crippen LogP contribution is -2.22. The highest BCUT2D eigenvalue weighted by Gasteiger charge is 2.44. The number of hydrogen-bond donors (Lipinski definition) is 0. The Hall–Kier alpha value is 0. The summed E-state index contributed by atoms with van der Waals surface area (Å²) in [7, 11) is 0. The summed E-state index contributed by atoms with van der Waals surface area (Å²) in [5, 5.41) is 0. The van der Waals surface area contributed by atoms with Gasteiger partial charge < -0.3 is 0 Å². The topological polar surface area (TPSA) is 0 Å². The minimum atomic E-state index is 0.578. The van der Waals surface area contributed by atoms with Crippen LogP contribution in [0.2, 0.25) is 0 Å². The Balaban J connectivity index is 2.78. The Bertz CT molecular complexity index is 155. The lowest BCUT2D eigenvalue weighted by molar-refractivity contribution is 0.195. The van der Waals surface area contributed by atoms with Crippen molar-refractivity contribution in [1.82, 2.24) is 0 Å². The highest BCUT2D eigenvalue weighted by Crippen LogP contribution is 2.51. The predicted molar refractivity (Wildman–Crippen MR) is 55.1 cm³/mol. The molecule has 0 nitrogen and oxygen atoms in total. The van der Waals surface area contributed by atoms with E-state index in [1.807, 2.05) is 0 Å². The molecule has 0 heteroatoms. The average molecular weight is 168 g/mol. The van der Waals surface area contributed by atoms with Crippen LogP contribution in [0.5, 0.6) is 0 Å². The van der Waals surface area contributed by atoms with Crippen LogP contribution in [0.1, 0.15) is 48.0 Å². The zero-order valence-electron chi connectivity index (χ0n) is 9.52. The largest absolute Gasteiger partial charge is 0.0625 e. The minimum absolute atomic E-state index is 0.578. The third-order valence-electron chi connectivity index (χ3n) is 4.08. The summed E-state index contributed by atoms with van der Waals surface area (Å²) >= 11 is 0. The van der Waals surface area contributed by atoms with E-state index >= 15 is 0 Å². The molecule has 0 N–H and O–H groups in total. The maximum absolute atomic E-state index is 2.44. The molecule has 0 aromatic carbocycles. The van der Waals surface area contributed by atoms with Gasteiger partial charge in [0, 0.05) is 0 Å². The molecule has 0 amide bonds. The van der Waals surface area contributed by atoms with Gasteiger partial charge in [0.25, 0.3) is 0 Å². The van der Waals surface area contributed by atoms with E-state index in [-0.39, 0.29) is 0 Å². The lowest BCUT2D eigenvalue weighted by Gasteiger charge is -2.29. The number of hydrogen-bond acceptors (Lipinski definition) is 0. The molecule has 0 aromatic rings. The summed E-state index contributed by atoms with van der Waals surface area (Å²) in [6, 6.07) is 0. The molecule has 72 valence electrons. The van der Waals surface area contributed by atoms with Crippen LogP contribution in [-0.2, 0) is 0 Å². The van der Waals surface area contributed by atoms with Crippen molar-refractivity contribution >= 4 is 0 Å². The SMILES string of the molecule is CC(C)C1C(C)CC(C)(C)C1C. The summed E-state index contributed by atoms with van der Waals surface area (Å²) in [5.41, 5.74) is 0.578. The van der Waals surface area contributed by atoms with Gasteiger partial charge in [-0.15, -0.1) is 0 Å². The van der Waals surface area contributed by atoms with Gasteiger partial charge >= 0.3 is 0 Å². The van der Waals surface area contributed by atoms with E-state index in [0.29, 0.717) is 5.41 Å². The molecule has 1 rings (SSSR count). The Labute approximate surface area is 77.7 Å². The van der Waals surface area contributed by atoms with Crippen LogP contribution in [0, 0.1) is 29.1 Å². The fraction of sp³-hybridized carbons (Fsp3) is 1.00. The Morgan fingerprint density at radius 2 is 1.67 bits per heavy atom. The van der Waals surface area contributed by atoms with Crippen molar-refractivity contribution in [1.29, 1.82) is 0 Å². The zero-order valence-corrected chi connectivity index (χ0v) is 9.52. The van der Waals surface area contributed by atoms with E-state index in [4.69, 9.17) is 0 Å². The molecule has 1 saturated carbocycles. The highest BCUT2D eigenvalue weighted by atomic mass is 14.5. The molecule has 1 fully saturated rings. The van der Waals surface area contributed by atoms with Crippen LogP contribution in [0.4, 0.5) is 0 Å². The van der Waals surface area contributed by atoms with E-state index < -0.39 is 0 Å². The molecule has 0 heterocycles. The summed E-state index contributed by atoms with van der Waals surface area (Å²) in [6.45, 7) is 14.5. The molecule has 12 heavy (non-hydrogen) atoms. The van der Waals surface area contributed by atoms with Gasteiger partial charge in [0.1, 0.15) is 0 Å². The molecular weight excluding hydrogens is 144 g/mol. The highest BCUT2D eigenvalue weighted by molar-refractivity contribution is 4.93. The van der Waals surface area contributed by atoms with Crippen molar-refractivity contribution in [3.8, 4) is 0 Å². The molecule has 1 aliphatic carbocycles. The van der Waals surface area contributed by atoms with Crippen LogP contribution in [0.25, 0.3) is 0 Å². The first-order chi connectivity index (χ1) is 5.36. The third-order valence-corrected chi connectivity index (χ3v) is 4.08. The maximum Gasteiger partial charge on any atom is -0.0323 e. The average Bonchev–Trinajstić information content (AvgIpc) is 2.02. The Morgan fingerprint density at radius 1 is 1.17 bits per heavy atom. The van der Waals surface area contributed by atoms with Crippen molar-refractivity contribution < 1.29 is 0 Å². The van der Waals surface area contributed by atoms with Crippen LogP contribution in [0.15, 0.2) is 0 Å². The third kappa shape index (κ3) is 1.53. The number of rotatable bonds is 1. The van der Waals surface area contributed by atoms with Gasteiger partial charge in [-0.1, -0.05) is 41.5 Å². The lowest BCUT2D eigenvalue weighted by atomic mass is 9.76. The van der Waals surface area contributed by atoms with Gasteiger partial charge in [-0.05, 0) is 35.5 Å². The molecule has 0 spiro atoms. The second-order valence-corrected chi connectivity index (χ2v) is 5.78. The molecule has 0 radical (unpaired) electrons. The first-order valence-corrected chi connectivity index (χ1v) is 5.36. The first-order valence-electron chi connectivity index (χ1n) is 5.36. The molecule has 1 aliphatic rings. The van der Waals surface area contributed by atoms with Gasteiger partial charge in [-0.3, -0.25) is 0 Å². The molecule has 3 unspecified atom stereocenters. The standard InChI is InChI=1S/C12H24/c1-8(2)11-9(3)7-12(5,6)10(11)4/h8-11H,7H2,1-6H3. The second-order valence-electron chi connectivity index (χ2n) is 5.78. The van der Waals surface area contributed by atoms with Crippen LogP contribution < -0.4 is 0 Å². The van der Waals surface area contributed by atoms with Crippen LogP contribution >= 0.6 is 0 Å². The zero-order chi connectivity index (χ0) is 9.52. The van der Waals surface area contributed by atoms with E-state index in [1.165, 1.54) is 6.42 Å². The van der Waals surface area contributed by atoms with Crippen molar-refractivity contribution in [3.05, 3.63) is 0 Å². The summed E-state index contributed by atoms with van der Waals surface area (Å²) in [6.07, 6.45) is 1.41. The summed E-state index contributed by atoms with van der Waals surface area (Å²) < 4.78 is 0. The van der Waals surface area contributed by atoms with E-state index in [2.05, 4.69) is 41.5 Å².